The second kappa shape index (κ2) is 2.82. The van der Waals surface area contributed by atoms with Crippen LogP contribution in [0.2, 0.25) is 0 Å². The smallest absolute Gasteiger partial charge is 0.138 e. The third-order valence-electron chi connectivity index (χ3n) is 3.34. The fraction of sp³-hybridized carbons (Fsp3) is 0.889. The highest BCUT2D eigenvalue weighted by atomic mass is 16.3. The van der Waals surface area contributed by atoms with Crippen LogP contribution in [0.4, 0.5) is 0 Å². The number of hydrogen-bond acceptors (Lipinski definition) is 3. The molecule has 0 aromatic rings. The van der Waals surface area contributed by atoms with E-state index in [1.807, 2.05) is 0 Å². The van der Waals surface area contributed by atoms with Crippen LogP contribution in [0.25, 0.3) is 0 Å². The molecule has 0 saturated heterocycles. The van der Waals surface area contributed by atoms with Crippen molar-refractivity contribution >= 4 is 5.78 Å². The molecule has 4 atom stereocenters. The summed E-state index contributed by atoms with van der Waals surface area (Å²) in [5.74, 6) is 0.666. The largest absolute Gasteiger partial charge is 0.396 e. The van der Waals surface area contributed by atoms with E-state index in [0.29, 0.717) is 6.42 Å². The topological polar surface area (TPSA) is 57.5 Å². The number of hydrogen-bond donors (Lipinski definition) is 2. The Labute approximate surface area is 71.4 Å². The molecule has 12 heavy (non-hydrogen) atoms. The summed E-state index contributed by atoms with van der Waals surface area (Å²) in [5.41, 5.74) is 0. The van der Waals surface area contributed by atoms with E-state index in [-0.39, 0.29) is 30.1 Å². The maximum absolute atomic E-state index is 11.3. The number of ketones is 1. The first-order valence-electron chi connectivity index (χ1n) is 4.54. The molecule has 3 nitrogen and oxygen atoms in total. The standard InChI is InChI=1S/C9H14O3/c10-4-6-1-5-2-7(6)9(12)3-8(5)11/h5-7,9-10,12H,1-4H2/t5-,6-,7-,9-/m0/s1. The first kappa shape index (κ1) is 8.20. The molecule has 0 aromatic carbocycles. The van der Waals surface area contributed by atoms with Crippen molar-refractivity contribution in [2.24, 2.45) is 17.8 Å². The third kappa shape index (κ3) is 1.08. The molecule has 0 aliphatic heterocycles. The van der Waals surface area contributed by atoms with E-state index >= 15 is 0 Å². The van der Waals surface area contributed by atoms with Crippen LogP contribution in [0, 0.1) is 17.8 Å². The lowest BCUT2D eigenvalue weighted by Gasteiger charge is -2.25. The molecule has 0 amide bonds. The van der Waals surface area contributed by atoms with Crippen molar-refractivity contribution < 1.29 is 15.0 Å². The fourth-order valence-corrected chi connectivity index (χ4v) is 2.63. The number of carbonyl (C=O) groups is 1. The zero-order chi connectivity index (χ0) is 8.72. The first-order chi connectivity index (χ1) is 5.72. The molecule has 0 radical (unpaired) electrons. The van der Waals surface area contributed by atoms with Gasteiger partial charge in [0.25, 0.3) is 0 Å². The maximum Gasteiger partial charge on any atom is 0.138 e. The molecule has 2 bridgehead atoms. The second-order valence-corrected chi connectivity index (χ2v) is 4.01. The van der Waals surface area contributed by atoms with Crippen molar-refractivity contribution in [2.75, 3.05) is 6.61 Å². The van der Waals surface area contributed by atoms with Gasteiger partial charge in [-0.05, 0) is 24.7 Å². The van der Waals surface area contributed by atoms with Gasteiger partial charge in [0.1, 0.15) is 5.78 Å². The summed E-state index contributed by atoms with van der Waals surface area (Å²) in [4.78, 5) is 11.3. The number of Topliss-reactive ketones (excluding diaryl/α,β-unsaturated/α-hetero) is 1. The minimum Gasteiger partial charge on any atom is -0.396 e. The van der Waals surface area contributed by atoms with Crippen LogP contribution < -0.4 is 0 Å². The van der Waals surface area contributed by atoms with Gasteiger partial charge in [-0.2, -0.15) is 0 Å². The van der Waals surface area contributed by atoms with Gasteiger partial charge >= 0.3 is 0 Å². The lowest BCUT2D eigenvalue weighted by atomic mass is 9.84. The molecule has 0 aromatic heterocycles. The van der Waals surface area contributed by atoms with Gasteiger partial charge < -0.3 is 10.2 Å². The monoisotopic (exact) mass is 170 g/mol. The molecule has 0 heterocycles. The van der Waals surface area contributed by atoms with Gasteiger partial charge in [0.15, 0.2) is 0 Å². The van der Waals surface area contributed by atoms with Crippen molar-refractivity contribution in [3.8, 4) is 0 Å². The number of aliphatic hydroxyl groups excluding tert-OH is 2. The lowest BCUT2D eigenvalue weighted by Crippen LogP contribution is -2.31. The number of aliphatic hydroxyl groups is 2. The quantitative estimate of drug-likeness (QED) is 0.580. The second-order valence-electron chi connectivity index (χ2n) is 4.01. The molecular weight excluding hydrogens is 156 g/mol. The summed E-state index contributed by atoms with van der Waals surface area (Å²) in [6.07, 6.45) is 1.40. The Bertz CT molecular complexity index is 200. The van der Waals surface area contributed by atoms with Crippen molar-refractivity contribution in [1.29, 1.82) is 0 Å². The molecule has 2 aliphatic rings. The molecule has 2 fully saturated rings. The van der Waals surface area contributed by atoms with Gasteiger partial charge in [-0.25, -0.2) is 0 Å². The number of rotatable bonds is 1. The van der Waals surface area contributed by atoms with Gasteiger partial charge in [0.2, 0.25) is 0 Å². The van der Waals surface area contributed by atoms with Crippen molar-refractivity contribution in [3.63, 3.8) is 0 Å². The van der Waals surface area contributed by atoms with E-state index in [1.54, 1.807) is 0 Å². The summed E-state index contributed by atoms with van der Waals surface area (Å²) in [6.45, 7) is 0.117. The van der Waals surface area contributed by atoms with Crippen LogP contribution in [-0.2, 0) is 4.79 Å². The Balaban J connectivity index is 2.15. The minimum atomic E-state index is -0.492. The SMILES string of the molecule is O=C1C[C@H](O)[C@H]2C[C@@H]1C[C@H]2CO. The van der Waals surface area contributed by atoms with Crippen molar-refractivity contribution in [1.82, 2.24) is 0 Å². The molecule has 2 rings (SSSR count). The zero-order valence-corrected chi connectivity index (χ0v) is 6.94. The van der Waals surface area contributed by atoms with Crippen LogP contribution in [0.1, 0.15) is 19.3 Å². The van der Waals surface area contributed by atoms with Gasteiger partial charge in [-0.1, -0.05) is 0 Å². The Morgan fingerprint density at radius 1 is 1.42 bits per heavy atom. The first-order valence-corrected chi connectivity index (χ1v) is 4.54. The van der Waals surface area contributed by atoms with Crippen molar-refractivity contribution in [3.05, 3.63) is 0 Å². The predicted molar refractivity (Wildman–Crippen MR) is 42.4 cm³/mol. The van der Waals surface area contributed by atoms with E-state index in [0.717, 1.165) is 12.8 Å². The summed E-state index contributed by atoms with van der Waals surface area (Å²) < 4.78 is 0. The molecule has 3 heteroatoms. The Kier molecular flexibility index (Phi) is 1.93. The highest BCUT2D eigenvalue weighted by Crippen LogP contribution is 2.43. The highest BCUT2D eigenvalue weighted by Gasteiger charge is 2.45. The zero-order valence-electron chi connectivity index (χ0n) is 6.94. The molecule has 2 saturated carbocycles. The Hall–Kier alpha value is -0.410. The number of fused-ring (bicyclic) bond motifs is 2. The summed E-state index contributed by atoms with van der Waals surface area (Å²) in [6, 6.07) is 0. The van der Waals surface area contributed by atoms with Crippen LogP contribution >= 0.6 is 0 Å². The average molecular weight is 170 g/mol. The van der Waals surface area contributed by atoms with Crippen LogP contribution in [-0.4, -0.2) is 28.7 Å². The van der Waals surface area contributed by atoms with E-state index in [9.17, 15) is 9.90 Å². The highest BCUT2D eigenvalue weighted by molar-refractivity contribution is 5.83. The Morgan fingerprint density at radius 2 is 2.17 bits per heavy atom. The fourth-order valence-electron chi connectivity index (χ4n) is 2.63. The lowest BCUT2D eigenvalue weighted by molar-refractivity contribution is -0.127. The third-order valence-corrected chi connectivity index (χ3v) is 3.34. The maximum atomic E-state index is 11.3. The van der Waals surface area contributed by atoms with Crippen LogP contribution in [0.5, 0.6) is 0 Å². The summed E-state index contributed by atoms with van der Waals surface area (Å²) in [7, 11) is 0. The normalized spacial score (nSPS) is 46.7. The molecule has 2 aliphatic carbocycles. The van der Waals surface area contributed by atoms with E-state index in [1.165, 1.54) is 0 Å². The van der Waals surface area contributed by atoms with E-state index < -0.39 is 6.10 Å². The van der Waals surface area contributed by atoms with Gasteiger partial charge in [0, 0.05) is 18.9 Å². The molecule has 0 unspecified atom stereocenters. The Morgan fingerprint density at radius 3 is 2.83 bits per heavy atom. The minimum absolute atomic E-state index is 0.117. The molecule has 68 valence electrons. The molecular formula is C9H14O3. The number of carbonyl (C=O) groups excluding carboxylic acids is 1. The van der Waals surface area contributed by atoms with E-state index in [4.69, 9.17) is 5.11 Å². The summed E-state index contributed by atoms with van der Waals surface area (Å²) >= 11 is 0. The van der Waals surface area contributed by atoms with Crippen LogP contribution in [0.15, 0.2) is 0 Å². The van der Waals surface area contributed by atoms with Gasteiger partial charge in [0.05, 0.1) is 6.10 Å². The van der Waals surface area contributed by atoms with Gasteiger partial charge in [-0.15, -0.1) is 0 Å². The van der Waals surface area contributed by atoms with Gasteiger partial charge in [-0.3, -0.25) is 4.79 Å². The van der Waals surface area contributed by atoms with Crippen LogP contribution in [0.3, 0.4) is 0 Å². The molecule has 0 spiro atoms. The molecule has 2 N–H and O–H groups in total. The predicted octanol–water partition coefficient (Wildman–Crippen LogP) is -0.0452. The van der Waals surface area contributed by atoms with E-state index in [2.05, 4.69) is 0 Å². The average Bonchev–Trinajstić information content (AvgIpc) is 2.42. The van der Waals surface area contributed by atoms with Crippen molar-refractivity contribution in [2.45, 2.75) is 25.4 Å². The summed E-state index contributed by atoms with van der Waals surface area (Å²) in [5, 5.41) is 18.5.